The van der Waals surface area contributed by atoms with Crippen molar-refractivity contribution < 1.29 is 13.7 Å². The average molecular weight is 384 g/mol. The summed E-state index contributed by atoms with van der Waals surface area (Å²) in [6, 6.07) is 10.9. The van der Waals surface area contributed by atoms with Gasteiger partial charge in [-0.1, -0.05) is 0 Å². The molecule has 1 aromatic heterocycles. The number of nitrogens with zero attached hydrogens (tertiary/aromatic N) is 3. The van der Waals surface area contributed by atoms with E-state index in [9.17, 15) is 24.2 Å². The van der Waals surface area contributed by atoms with E-state index >= 15 is 0 Å². The first-order chi connectivity index (χ1) is 13.0. The minimum absolute atomic E-state index is 0.0244. The molecule has 0 bridgehead atoms. The average Bonchev–Trinajstić information content (AvgIpc) is 3.14. The molecule has 0 amide bonds. The molecule has 0 saturated heterocycles. The van der Waals surface area contributed by atoms with Crippen LogP contribution < -0.4 is 5.32 Å². The van der Waals surface area contributed by atoms with Gasteiger partial charge in [-0.3, -0.25) is 10.1 Å². The molecule has 0 fully saturated rings. The highest BCUT2D eigenvalue weighted by molar-refractivity contribution is 7.11. The fraction of sp³-hybridized carbons (Fsp3) is 0. The molecule has 0 radical (unpaired) electrons. The first kappa shape index (κ1) is 18.2. The highest BCUT2D eigenvalue weighted by Crippen LogP contribution is 2.27. The van der Waals surface area contributed by atoms with Crippen molar-refractivity contribution in [3.63, 3.8) is 0 Å². The fourth-order valence-corrected chi connectivity index (χ4v) is 2.98. The lowest BCUT2D eigenvalue weighted by Crippen LogP contribution is -1.94. The van der Waals surface area contributed by atoms with Gasteiger partial charge in [0.2, 0.25) is 0 Å². The maximum Gasteiger partial charge on any atom is 0.269 e. The third-order valence-corrected chi connectivity index (χ3v) is 4.41. The van der Waals surface area contributed by atoms with Gasteiger partial charge in [0.25, 0.3) is 5.69 Å². The zero-order valence-electron chi connectivity index (χ0n) is 13.5. The van der Waals surface area contributed by atoms with E-state index < -0.39 is 16.6 Å². The lowest BCUT2D eigenvalue weighted by Gasteiger charge is -2.03. The molecule has 2 aromatic carbocycles. The Balaban J connectivity index is 1.82. The summed E-state index contributed by atoms with van der Waals surface area (Å²) in [5.74, 6) is -1.48. The third kappa shape index (κ3) is 4.13. The van der Waals surface area contributed by atoms with Gasteiger partial charge in [-0.05, 0) is 24.3 Å². The van der Waals surface area contributed by atoms with Gasteiger partial charge in [-0.25, -0.2) is 13.8 Å². The predicted octanol–water partition coefficient (Wildman–Crippen LogP) is 4.97. The van der Waals surface area contributed by atoms with E-state index in [1.165, 1.54) is 35.7 Å². The second-order valence-corrected chi connectivity index (χ2v) is 6.14. The molecule has 0 aliphatic rings. The van der Waals surface area contributed by atoms with Crippen molar-refractivity contribution >= 4 is 28.3 Å². The summed E-state index contributed by atoms with van der Waals surface area (Å²) in [7, 11) is 0. The van der Waals surface area contributed by atoms with Crippen LogP contribution in [-0.2, 0) is 0 Å². The van der Waals surface area contributed by atoms with E-state index in [1.807, 2.05) is 6.07 Å². The zero-order chi connectivity index (χ0) is 19.4. The van der Waals surface area contributed by atoms with Crippen molar-refractivity contribution in [1.82, 2.24) is 4.98 Å². The summed E-state index contributed by atoms with van der Waals surface area (Å²) < 4.78 is 26.6. The Kier molecular flexibility index (Phi) is 5.19. The number of allylic oxidation sites excluding steroid dienone is 1. The van der Waals surface area contributed by atoms with Crippen molar-refractivity contribution in [2.45, 2.75) is 0 Å². The number of nitrogens with one attached hydrogen (secondary N) is 1. The summed E-state index contributed by atoms with van der Waals surface area (Å²) in [5, 5.41) is 24.8. The molecule has 0 aliphatic heterocycles. The van der Waals surface area contributed by atoms with Crippen LogP contribution >= 0.6 is 11.3 Å². The van der Waals surface area contributed by atoms with Gasteiger partial charge in [0.05, 0.1) is 16.3 Å². The van der Waals surface area contributed by atoms with Crippen LogP contribution in [0.3, 0.4) is 0 Å². The van der Waals surface area contributed by atoms with Crippen LogP contribution in [0, 0.1) is 33.1 Å². The van der Waals surface area contributed by atoms with E-state index in [2.05, 4.69) is 10.3 Å². The number of nitro groups is 1. The Morgan fingerprint density at radius 1 is 1.26 bits per heavy atom. The molecule has 3 aromatic rings. The lowest BCUT2D eigenvalue weighted by atomic mass is 10.1. The molecule has 0 unspecified atom stereocenters. The number of aromatic nitrogens is 1. The number of non-ortho nitro benzene ring substituents is 1. The van der Waals surface area contributed by atoms with E-state index in [-0.39, 0.29) is 16.9 Å². The maximum absolute atomic E-state index is 13.6. The van der Waals surface area contributed by atoms with E-state index in [0.717, 1.165) is 12.1 Å². The van der Waals surface area contributed by atoms with E-state index in [0.29, 0.717) is 16.3 Å². The molecule has 0 saturated carbocycles. The summed E-state index contributed by atoms with van der Waals surface area (Å²) in [4.78, 5) is 14.6. The molecular weight excluding hydrogens is 374 g/mol. The highest BCUT2D eigenvalue weighted by Gasteiger charge is 2.11. The topological polar surface area (TPSA) is 91.8 Å². The molecular formula is C18H10F2N4O2S. The van der Waals surface area contributed by atoms with E-state index in [4.69, 9.17) is 0 Å². The lowest BCUT2D eigenvalue weighted by molar-refractivity contribution is -0.384. The molecule has 134 valence electrons. The Morgan fingerprint density at radius 2 is 2.00 bits per heavy atom. The van der Waals surface area contributed by atoms with Crippen LogP contribution in [0.1, 0.15) is 5.01 Å². The van der Waals surface area contributed by atoms with Gasteiger partial charge in [-0.15, -0.1) is 11.3 Å². The van der Waals surface area contributed by atoms with Crippen LogP contribution in [0.4, 0.5) is 20.2 Å². The monoisotopic (exact) mass is 384 g/mol. The fourth-order valence-electron chi connectivity index (χ4n) is 2.18. The van der Waals surface area contributed by atoms with Crippen LogP contribution in [0.15, 0.2) is 54.0 Å². The summed E-state index contributed by atoms with van der Waals surface area (Å²) in [5.41, 5.74) is 1.38. The Morgan fingerprint density at radius 3 is 2.63 bits per heavy atom. The number of hydrogen-bond acceptors (Lipinski definition) is 6. The normalized spacial score (nSPS) is 11.1. The van der Waals surface area contributed by atoms with Crippen molar-refractivity contribution in [2.24, 2.45) is 0 Å². The molecule has 27 heavy (non-hydrogen) atoms. The number of thiazole rings is 1. The van der Waals surface area contributed by atoms with Gasteiger partial charge in [-0.2, -0.15) is 5.26 Å². The minimum Gasteiger partial charge on any atom is -0.358 e. The van der Waals surface area contributed by atoms with Gasteiger partial charge < -0.3 is 5.32 Å². The van der Waals surface area contributed by atoms with Gasteiger partial charge in [0.1, 0.15) is 28.3 Å². The number of nitriles is 1. The molecule has 3 rings (SSSR count). The van der Waals surface area contributed by atoms with Crippen LogP contribution in [0.5, 0.6) is 0 Å². The maximum atomic E-state index is 13.6. The molecule has 1 heterocycles. The second kappa shape index (κ2) is 7.72. The van der Waals surface area contributed by atoms with E-state index in [1.54, 1.807) is 17.5 Å². The standard InChI is InChI=1S/C18H10F2N4O2S/c19-13-3-6-16(15(20)7-13)22-9-12(8-21)18-23-17(10-27-18)11-1-4-14(5-2-11)24(25)26/h1-7,9-10,22H/b12-9+. The molecule has 0 atom stereocenters. The first-order valence-electron chi connectivity index (χ1n) is 7.50. The Bertz CT molecular complexity index is 1070. The van der Waals surface area contributed by atoms with Crippen LogP contribution in [0.2, 0.25) is 0 Å². The summed E-state index contributed by atoms with van der Waals surface area (Å²) in [6.45, 7) is 0. The van der Waals surface area contributed by atoms with Gasteiger partial charge >= 0.3 is 0 Å². The van der Waals surface area contributed by atoms with Gasteiger partial charge in [0, 0.05) is 35.3 Å². The van der Waals surface area contributed by atoms with Crippen molar-refractivity contribution in [3.05, 3.63) is 80.8 Å². The smallest absolute Gasteiger partial charge is 0.269 e. The molecule has 9 heteroatoms. The number of halogens is 2. The highest BCUT2D eigenvalue weighted by atomic mass is 32.1. The van der Waals surface area contributed by atoms with Crippen LogP contribution in [-0.4, -0.2) is 9.91 Å². The molecule has 0 spiro atoms. The first-order valence-corrected chi connectivity index (χ1v) is 8.38. The Labute approximate surface area is 156 Å². The second-order valence-electron chi connectivity index (χ2n) is 5.28. The van der Waals surface area contributed by atoms with Crippen LogP contribution in [0.25, 0.3) is 16.8 Å². The number of rotatable bonds is 5. The quantitative estimate of drug-likeness (QED) is 0.381. The van der Waals surface area contributed by atoms with Crippen molar-refractivity contribution in [3.8, 4) is 17.3 Å². The Hall–Kier alpha value is -3.64. The van der Waals surface area contributed by atoms with Crippen molar-refractivity contribution in [1.29, 1.82) is 5.26 Å². The SMILES string of the molecule is N#C/C(=C\Nc1ccc(F)cc1F)c1nc(-c2ccc([N+](=O)[O-])cc2)cs1. The molecule has 6 nitrogen and oxygen atoms in total. The summed E-state index contributed by atoms with van der Waals surface area (Å²) >= 11 is 1.20. The number of anilines is 1. The van der Waals surface area contributed by atoms with Crippen molar-refractivity contribution in [2.75, 3.05) is 5.32 Å². The molecule has 0 aliphatic carbocycles. The zero-order valence-corrected chi connectivity index (χ0v) is 14.3. The largest absolute Gasteiger partial charge is 0.358 e. The number of benzene rings is 2. The summed E-state index contributed by atoms with van der Waals surface area (Å²) in [6.07, 6.45) is 1.29. The minimum atomic E-state index is -0.783. The predicted molar refractivity (Wildman–Crippen MR) is 97.8 cm³/mol. The van der Waals surface area contributed by atoms with Gasteiger partial charge in [0.15, 0.2) is 0 Å². The third-order valence-electron chi connectivity index (χ3n) is 3.53. The number of nitro benzene ring substituents is 1. The molecule has 1 N–H and O–H groups in total. The number of hydrogen-bond donors (Lipinski definition) is 1.